The van der Waals surface area contributed by atoms with Crippen molar-refractivity contribution in [3.63, 3.8) is 0 Å². The van der Waals surface area contributed by atoms with Crippen LogP contribution in [0.3, 0.4) is 0 Å². The summed E-state index contributed by atoms with van der Waals surface area (Å²) in [5.74, 6) is 0. The zero-order valence-corrected chi connectivity index (χ0v) is 12.6. The molecule has 0 aliphatic rings. The molecule has 2 amide bonds. The molecule has 0 fully saturated rings. The number of rotatable bonds is 5. The molecule has 0 spiro atoms. The highest BCUT2D eigenvalue weighted by Gasteiger charge is 2.06. The second kappa shape index (κ2) is 7.67. The topological polar surface area (TPSA) is 53.2 Å². The van der Waals surface area contributed by atoms with Crippen LogP contribution in [0.4, 0.5) is 16.2 Å². The standard InChI is InChI=1S/C16H18ClN3O/c1-2-18-11-12-6-3-4-9-15(12)20-16(21)19-14-8-5-7-13(17)10-14/h3-10,18H,2,11H2,1H3,(H2,19,20,21). The molecule has 0 aliphatic carbocycles. The average molecular weight is 304 g/mol. The van der Waals surface area contributed by atoms with Crippen molar-refractivity contribution >= 4 is 29.0 Å². The van der Waals surface area contributed by atoms with Crippen LogP contribution < -0.4 is 16.0 Å². The number of anilines is 2. The smallest absolute Gasteiger partial charge is 0.313 e. The molecule has 2 aromatic rings. The molecule has 0 bridgehead atoms. The molecule has 0 unspecified atom stereocenters. The fraction of sp³-hybridized carbons (Fsp3) is 0.188. The number of hydrogen-bond acceptors (Lipinski definition) is 2. The molecule has 4 nitrogen and oxygen atoms in total. The van der Waals surface area contributed by atoms with E-state index in [0.717, 1.165) is 17.8 Å². The molecule has 0 heterocycles. The summed E-state index contributed by atoms with van der Waals surface area (Å²) < 4.78 is 0. The van der Waals surface area contributed by atoms with Crippen LogP contribution >= 0.6 is 11.6 Å². The lowest BCUT2D eigenvalue weighted by atomic mass is 10.2. The second-order valence-electron chi connectivity index (χ2n) is 4.53. The van der Waals surface area contributed by atoms with Crippen molar-refractivity contribution < 1.29 is 4.79 Å². The molecule has 0 saturated carbocycles. The Labute approximate surface area is 129 Å². The molecular weight excluding hydrogens is 286 g/mol. The van der Waals surface area contributed by atoms with Gasteiger partial charge in [0, 0.05) is 22.9 Å². The van der Waals surface area contributed by atoms with Crippen molar-refractivity contribution in [3.8, 4) is 0 Å². The Bertz CT molecular complexity index is 616. The van der Waals surface area contributed by atoms with Gasteiger partial charge in [0.1, 0.15) is 0 Å². The zero-order chi connectivity index (χ0) is 15.1. The summed E-state index contributed by atoms with van der Waals surface area (Å²) >= 11 is 5.89. The van der Waals surface area contributed by atoms with Crippen molar-refractivity contribution in [2.45, 2.75) is 13.5 Å². The normalized spacial score (nSPS) is 10.2. The first-order valence-corrected chi connectivity index (χ1v) is 7.19. The van der Waals surface area contributed by atoms with E-state index < -0.39 is 0 Å². The molecule has 0 saturated heterocycles. The number of carbonyl (C=O) groups is 1. The lowest BCUT2D eigenvalue weighted by molar-refractivity contribution is 0.262. The molecule has 2 aromatic carbocycles. The molecule has 5 heteroatoms. The number of benzene rings is 2. The number of urea groups is 1. The van der Waals surface area contributed by atoms with Crippen LogP contribution in [-0.4, -0.2) is 12.6 Å². The molecule has 2 rings (SSSR count). The van der Waals surface area contributed by atoms with E-state index in [1.54, 1.807) is 24.3 Å². The maximum absolute atomic E-state index is 12.0. The SMILES string of the molecule is CCNCc1ccccc1NC(=O)Nc1cccc(Cl)c1. The quantitative estimate of drug-likeness (QED) is 0.779. The molecule has 0 radical (unpaired) electrons. The first kappa shape index (κ1) is 15.4. The highest BCUT2D eigenvalue weighted by Crippen LogP contribution is 2.17. The van der Waals surface area contributed by atoms with Crippen LogP contribution in [0.15, 0.2) is 48.5 Å². The summed E-state index contributed by atoms with van der Waals surface area (Å²) in [7, 11) is 0. The highest BCUT2D eigenvalue weighted by atomic mass is 35.5. The van der Waals surface area contributed by atoms with Gasteiger partial charge < -0.3 is 16.0 Å². The zero-order valence-electron chi connectivity index (χ0n) is 11.8. The van der Waals surface area contributed by atoms with E-state index in [2.05, 4.69) is 16.0 Å². The summed E-state index contributed by atoms with van der Waals surface area (Å²) in [5.41, 5.74) is 2.49. The van der Waals surface area contributed by atoms with Gasteiger partial charge in [-0.15, -0.1) is 0 Å². The molecular formula is C16H18ClN3O. The first-order valence-electron chi connectivity index (χ1n) is 6.81. The minimum Gasteiger partial charge on any atom is -0.313 e. The molecule has 110 valence electrons. The minimum atomic E-state index is -0.291. The van der Waals surface area contributed by atoms with E-state index in [1.807, 2.05) is 31.2 Å². The molecule has 3 N–H and O–H groups in total. The summed E-state index contributed by atoms with van der Waals surface area (Å²) in [4.78, 5) is 12.0. The van der Waals surface area contributed by atoms with Crippen LogP contribution in [-0.2, 0) is 6.54 Å². The van der Waals surface area contributed by atoms with Crippen LogP contribution in [0, 0.1) is 0 Å². The van der Waals surface area contributed by atoms with Crippen LogP contribution in [0.2, 0.25) is 5.02 Å². The molecule has 0 atom stereocenters. The fourth-order valence-corrected chi connectivity index (χ4v) is 2.10. The molecule has 0 aromatic heterocycles. The van der Waals surface area contributed by atoms with E-state index >= 15 is 0 Å². The van der Waals surface area contributed by atoms with Gasteiger partial charge in [-0.25, -0.2) is 4.79 Å². The number of hydrogen-bond donors (Lipinski definition) is 3. The van der Waals surface area contributed by atoms with Crippen molar-refractivity contribution in [1.29, 1.82) is 0 Å². The van der Waals surface area contributed by atoms with E-state index in [-0.39, 0.29) is 6.03 Å². The third-order valence-electron chi connectivity index (χ3n) is 2.91. The van der Waals surface area contributed by atoms with Gasteiger partial charge in [-0.3, -0.25) is 0 Å². The second-order valence-corrected chi connectivity index (χ2v) is 4.96. The highest BCUT2D eigenvalue weighted by molar-refractivity contribution is 6.30. The van der Waals surface area contributed by atoms with E-state index in [1.165, 1.54) is 0 Å². The van der Waals surface area contributed by atoms with Gasteiger partial charge >= 0.3 is 6.03 Å². The van der Waals surface area contributed by atoms with Gasteiger partial charge in [-0.2, -0.15) is 0 Å². The summed E-state index contributed by atoms with van der Waals surface area (Å²) in [6, 6.07) is 14.5. The number of halogens is 1. The van der Waals surface area contributed by atoms with E-state index in [9.17, 15) is 4.79 Å². The predicted octanol–water partition coefficient (Wildman–Crippen LogP) is 4.09. The summed E-state index contributed by atoms with van der Waals surface area (Å²) in [6.45, 7) is 3.63. The van der Waals surface area contributed by atoms with Crippen molar-refractivity contribution in [2.24, 2.45) is 0 Å². The number of para-hydroxylation sites is 1. The van der Waals surface area contributed by atoms with Gasteiger partial charge in [-0.1, -0.05) is 42.8 Å². The predicted molar refractivity (Wildman–Crippen MR) is 87.9 cm³/mol. The van der Waals surface area contributed by atoms with Crippen molar-refractivity contribution in [2.75, 3.05) is 17.2 Å². The van der Waals surface area contributed by atoms with Gasteiger partial charge in [-0.05, 0) is 36.4 Å². The molecule has 21 heavy (non-hydrogen) atoms. The van der Waals surface area contributed by atoms with Gasteiger partial charge in [0.15, 0.2) is 0 Å². The van der Waals surface area contributed by atoms with E-state index in [4.69, 9.17) is 11.6 Å². The number of carbonyl (C=O) groups excluding carboxylic acids is 1. The lowest BCUT2D eigenvalue weighted by Crippen LogP contribution is -2.21. The Kier molecular flexibility index (Phi) is 5.60. The van der Waals surface area contributed by atoms with Crippen LogP contribution in [0.1, 0.15) is 12.5 Å². The minimum absolute atomic E-state index is 0.291. The molecule has 0 aliphatic heterocycles. The summed E-state index contributed by atoms with van der Waals surface area (Å²) in [6.07, 6.45) is 0. The number of amides is 2. The lowest BCUT2D eigenvalue weighted by Gasteiger charge is -2.12. The Morgan fingerprint density at radius 3 is 2.67 bits per heavy atom. The Morgan fingerprint density at radius 2 is 1.90 bits per heavy atom. The van der Waals surface area contributed by atoms with Crippen LogP contribution in [0.25, 0.3) is 0 Å². The van der Waals surface area contributed by atoms with Crippen molar-refractivity contribution in [1.82, 2.24) is 5.32 Å². The number of nitrogens with one attached hydrogen (secondary N) is 3. The Morgan fingerprint density at radius 1 is 1.10 bits per heavy atom. The average Bonchev–Trinajstić information content (AvgIpc) is 2.46. The maximum Gasteiger partial charge on any atom is 0.323 e. The Hall–Kier alpha value is -2.04. The van der Waals surface area contributed by atoms with E-state index in [0.29, 0.717) is 17.3 Å². The van der Waals surface area contributed by atoms with Gasteiger partial charge in [0.25, 0.3) is 0 Å². The summed E-state index contributed by atoms with van der Waals surface area (Å²) in [5, 5.41) is 9.44. The monoisotopic (exact) mass is 303 g/mol. The van der Waals surface area contributed by atoms with Gasteiger partial charge in [0.05, 0.1) is 0 Å². The fourth-order valence-electron chi connectivity index (χ4n) is 1.91. The maximum atomic E-state index is 12.0. The Balaban J connectivity index is 2.02. The third-order valence-corrected chi connectivity index (χ3v) is 3.15. The van der Waals surface area contributed by atoms with Gasteiger partial charge in [0.2, 0.25) is 0 Å². The third kappa shape index (κ3) is 4.77. The largest absolute Gasteiger partial charge is 0.323 e. The first-order chi connectivity index (χ1) is 10.2. The van der Waals surface area contributed by atoms with Crippen LogP contribution in [0.5, 0.6) is 0 Å². The van der Waals surface area contributed by atoms with Crippen molar-refractivity contribution in [3.05, 3.63) is 59.1 Å².